The minimum atomic E-state index is 0.00702. The molecule has 3 aromatic carbocycles. The maximum Gasteiger partial charge on any atom is 0.195 e. The summed E-state index contributed by atoms with van der Waals surface area (Å²) >= 11 is 1.55. The molecule has 33 heavy (non-hydrogen) atoms. The van der Waals surface area contributed by atoms with E-state index in [4.69, 9.17) is 9.47 Å². The molecule has 0 fully saturated rings. The Morgan fingerprint density at radius 3 is 2.48 bits per heavy atom. The Morgan fingerprint density at radius 1 is 0.939 bits per heavy atom. The molecule has 0 N–H and O–H groups in total. The van der Waals surface area contributed by atoms with Gasteiger partial charge in [0.1, 0.15) is 18.1 Å². The number of carbonyl (C=O) groups is 1. The van der Waals surface area contributed by atoms with Gasteiger partial charge >= 0.3 is 0 Å². The average molecular weight is 455 g/mol. The van der Waals surface area contributed by atoms with Crippen molar-refractivity contribution in [1.82, 2.24) is 0 Å². The molecule has 0 atom stereocenters. The predicted molar refractivity (Wildman–Crippen MR) is 135 cm³/mol. The van der Waals surface area contributed by atoms with Crippen LogP contribution in [0.15, 0.2) is 91.0 Å². The fourth-order valence-corrected chi connectivity index (χ4v) is 4.43. The molecule has 0 spiro atoms. The second kappa shape index (κ2) is 10.8. The molecule has 4 rings (SSSR count). The Bertz CT molecular complexity index is 1240. The highest BCUT2D eigenvalue weighted by Gasteiger charge is 2.09. The lowest BCUT2D eigenvalue weighted by Crippen LogP contribution is -1.99. The van der Waals surface area contributed by atoms with E-state index in [1.807, 2.05) is 85.8 Å². The zero-order chi connectivity index (χ0) is 23.0. The zero-order valence-corrected chi connectivity index (χ0v) is 19.6. The van der Waals surface area contributed by atoms with Crippen LogP contribution in [0.5, 0.6) is 11.5 Å². The van der Waals surface area contributed by atoms with Crippen LogP contribution in [0.1, 0.15) is 36.8 Å². The summed E-state index contributed by atoms with van der Waals surface area (Å²) in [4.78, 5) is 14.6. The summed E-state index contributed by atoms with van der Waals surface area (Å²) in [5.74, 6) is 1.57. The highest BCUT2D eigenvalue weighted by atomic mass is 32.1. The van der Waals surface area contributed by atoms with E-state index in [1.165, 1.54) is 16.0 Å². The third-order valence-electron chi connectivity index (χ3n) is 5.27. The third kappa shape index (κ3) is 6.21. The van der Waals surface area contributed by atoms with Gasteiger partial charge in [0.2, 0.25) is 0 Å². The maximum atomic E-state index is 12.7. The molecule has 4 heteroatoms. The van der Waals surface area contributed by atoms with Gasteiger partial charge in [-0.05, 0) is 60.5 Å². The van der Waals surface area contributed by atoms with Gasteiger partial charge in [-0.25, -0.2) is 0 Å². The first kappa shape index (κ1) is 22.6. The fourth-order valence-electron chi connectivity index (χ4n) is 3.47. The molecule has 0 radical (unpaired) electrons. The van der Waals surface area contributed by atoms with Crippen molar-refractivity contribution in [2.45, 2.75) is 20.0 Å². The Labute approximate surface area is 198 Å². The van der Waals surface area contributed by atoms with Crippen molar-refractivity contribution in [2.24, 2.45) is 0 Å². The van der Waals surface area contributed by atoms with Crippen LogP contribution in [-0.2, 0) is 13.0 Å². The largest absolute Gasteiger partial charge is 0.496 e. The van der Waals surface area contributed by atoms with Gasteiger partial charge in [0, 0.05) is 16.9 Å². The molecule has 1 aromatic heterocycles. The number of thiophene rings is 1. The highest BCUT2D eigenvalue weighted by molar-refractivity contribution is 7.14. The molecular formula is C29H26O3S. The number of methoxy groups -OCH3 is 1. The molecule has 3 nitrogen and oxygen atoms in total. The van der Waals surface area contributed by atoms with Crippen molar-refractivity contribution in [3.05, 3.63) is 123 Å². The van der Waals surface area contributed by atoms with Gasteiger partial charge < -0.3 is 9.47 Å². The summed E-state index contributed by atoms with van der Waals surface area (Å²) in [6.07, 6.45) is 4.31. The van der Waals surface area contributed by atoms with E-state index in [9.17, 15) is 4.79 Å². The number of aryl methyl sites for hydroxylation is 1. The van der Waals surface area contributed by atoms with Crippen LogP contribution in [0, 0.1) is 6.92 Å². The lowest BCUT2D eigenvalue weighted by Gasteiger charge is -2.11. The molecule has 4 aromatic rings. The number of ether oxygens (including phenoxy) is 2. The van der Waals surface area contributed by atoms with E-state index in [-0.39, 0.29) is 5.78 Å². The first-order valence-corrected chi connectivity index (χ1v) is 11.6. The summed E-state index contributed by atoms with van der Waals surface area (Å²) in [5, 5.41) is 0. The van der Waals surface area contributed by atoms with Crippen LogP contribution in [0.4, 0.5) is 0 Å². The molecule has 0 saturated heterocycles. The Kier molecular flexibility index (Phi) is 7.38. The van der Waals surface area contributed by atoms with Crippen molar-refractivity contribution in [2.75, 3.05) is 7.11 Å². The molecule has 0 unspecified atom stereocenters. The van der Waals surface area contributed by atoms with Crippen LogP contribution in [0.25, 0.3) is 6.08 Å². The van der Waals surface area contributed by atoms with E-state index in [1.54, 1.807) is 24.5 Å². The van der Waals surface area contributed by atoms with E-state index >= 15 is 0 Å². The summed E-state index contributed by atoms with van der Waals surface area (Å²) in [7, 11) is 1.65. The van der Waals surface area contributed by atoms with Gasteiger partial charge in [-0.15, -0.1) is 11.3 Å². The number of benzene rings is 3. The van der Waals surface area contributed by atoms with Gasteiger partial charge in [0.15, 0.2) is 5.78 Å². The van der Waals surface area contributed by atoms with Crippen molar-refractivity contribution >= 4 is 23.2 Å². The SMILES string of the molecule is COc1ccc(/C=C/C(=O)c2ccc(Cc3ccccc3)s2)cc1COc1ccc(C)cc1. The van der Waals surface area contributed by atoms with Crippen molar-refractivity contribution in [3.8, 4) is 11.5 Å². The van der Waals surface area contributed by atoms with Gasteiger partial charge in [-0.1, -0.05) is 60.2 Å². The summed E-state index contributed by atoms with van der Waals surface area (Å²) in [5.41, 5.74) is 4.28. The smallest absolute Gasteiger partial charge is 0.195 e. The summed E-state index contributed by atoms with van der Waals surface area (Å²) in [6.45, 7) is 2.43. The molecular weight excluding hydrogens is 428 g/mol. The van der Waals surface area contributed by atoms with Crippen LogP contribution >= 0.6 is 11.3 Å². The molecule has 0 aliphatic rings. The van der Waals surface area contributed by atoms with E-state index < -0.39 is 0 Å². The summed E-state index contributed by atoms with van der Waals surface area (Å²) in [6, 6.07) is 28.0. The second-order valence-corrected chi connectivity index (χ2v) is 8.97. The van der Waals surface area contributed by atoms with Gasteiger partial charge in [-0.2, -0.15) is 0 Å². The van der Waals surface area contributed by atoms with Crippen molar-refractivity contribution in [1.29, 1.82) is 0 Å². The Hall–Kier alpha value is -3.63. The topological polar surface area (TPSA) is 35.5 Å². The fraction of sp³-hybridized carbons (Fsp3) is 0.138. The predicted octanol–water partition coefficient (Wildman–Crippen LogP) is 7.13. The second-order valence-electron chi connectivity index (χ2n) is 7.80. The third-order valence-corrected chi connectivity index (χ3v) is 6.37. The number of rotatable bonds is 9. The number of allylic oxidation sites excluding steroid dienone is 1. The number of carbonyl (C=O) groups excluding carboxylic acids is 1. The van der Waals surface area contributed by atoms with E-state index in [0.717, 1.165) is 33.9 Å². The van der Waals surface area contributed by atoms with Gasteiger partial charge in [0.05, 0.1) is 12.0 Å². The number of hydrogen-bond donors (Lipinski definition) is 0. The number of ketones is 1. The Morgan fingerprint density at radius 2 is 1.73 bits per heavy atom. The first-order valence-electron chi connectivity index (χ1n) is 10.8. The minimum Gasteiger partial charge on any atom is -0.496 e. The van der Waals surface area contributed by atoms with Gasteiger partial charge in [0.25, 0.3) is 0 Å². The molecule has 0 aliphatic carbocycles. The van der Waals surface area contributed by atoms with Crippen molar-refractivity contribution in [3.63, 3.8) is 0 Å². The van der Waals surface area contributed by atoms with Crippen molar-refractivity contribution < 1.29 is 14.3 Å². The Balaban J connectivity index is 1.42. The van der Waals surface area contributed by atoms with Crippen LogP contribution < -0.4 is 9.47 Å². The minimum absolute atomic E-state index is 0.00702. The van der Waals surface area contributed by atoms with Crippen LogP contribution in [-0.4, -0.2) is 12.9 Å². The van der Waals surface area contributed by atoms with E-state index in [0.29, 0.717) is 6.61 Å². The lowest BCUT2D eigenvalue weighted by atomic mass is 10.1. The number of hydrogen-bond acceptors (Lipinski definition) is 4. The monoisotopic (exact) mass is 454 g/mol. The highest BCUT2D eigenvalue weighted by Crippen LogP contribution is 2.24. The molecule has 0 amide bonds. The molecule has 0 bridgehead atoms. The summed E-state index contributed by atoms with van der Waals surface area (Å²) < 4.78 is 11.4. The lowest BCUT2D eigenvalue weighted by molar-refractivity contribution is 0.105. The molecule has 0 aliphatic heterocycles. The first-order chi connectivity index (χ1) is 16.1. The standard InChI is InChI=1S/C29H26O3S/c1-21-8-12-25(13-9-21)32-20-24-18-23(11-16-28(24)31-2)10-15-27(30)29-17-14-26(33-29)19-22-6-4-3-5-7-22/h3-18H,19-20H2,1-2H3/b15-10+. The van der Waals surface area contributed by atoms with Crippen LogP contribution in [0.2, 0.25) is 0 Å². The quantitative estimate of drug-likeness (QED) is 0.199. The van der Waals surface area contributed by atoms with Crippen LogP contribution in [0.3, 0.4) is 0 Å². The normalized spacial score (nSPS) is 11.0. The molecule has 0 saturated carbocycles. The molecule has 166 valence electrons. The molecule has 1 heterocycles. The van der Waals surface area contributed by atoms with Gasteiger partial charge in [-0.3, -0.25) is 4.79 Å². The average Bonchev–Trinajstić information content (AvgIpc) is 3.31. The maximum absolute atomic E-state index is 12.7. The van der Waals surface area contributed by atoms with E-state index in [2.05, 4.69) is 12.1 Å². The zero-order valence-electron chi connectivity index (χ0n) is 18.8.